The highest BCUT2D eigenvalue weighted by Gasteiger charge is 2.20. The molecule has 2 heterocycles. The van der Waals surface area contributed by atoms with E-state index in [9.17, 15) is 9.59 Å². The Kier molecular flexibility index (Phi) is 8.60. The normalized spacial score (nSPS) is 11.2. The van der Waals surface area contributed by atoms with Crippen LogP contribution < -0.4 is 10.2 Å². The van der Waals surface area contributed by atoms with Crippen molar-refractivity contribution >= 4 is 62.9 Å². The number of hydrogen-bond acceptors (Lipinski definition) is 8. The van der Waals surface area contributed by atoms with Crippen LogP contribution in [-0.4, -0.2) is 38.6 Å². The lowest BCUT2D eigenvalue weighted by Gasteiger charge is -2.10. The van der Waals surface area contributed by atoms with Gasteiger partial charge in [0.1, 0.15) is 10.6 Å². The van der Waals surface area contributed by atoms with Gasteiger partial charge in [-0.05, 0) is 30.3 Å². The molecular formula is C32H22ClN5O3S2. The molecule has 2 aromatic heterocycles. The topological polar surface area (TPSA) is 98.5 Å². The van der Waals surface area contributed by atoms with Crippen molar-refractivity contribution in [2.24, 2.45) is 5.10 Å². The molecule has 1 N–H and O–H groups in total. The number of hydrogen-bond donors (Lipinski definition) is 1. The van der Waals surface area contributed by atoms with Gasteiger partial charge in [-0.15, -0.1) is 21.5 Å². The lowest BCUT2D eigenvalue weighted by Crippen LogP contribution is -2.20. The number of amides is 1. The maximum absolute atomic E-state index is 13.0. The van der Waals surface area contributed by atoms with Crippen molar-refractivity contribution in [1.29, 1.82) is 0 Å². The fraction of sp³-hybridized carbons (Fsp3) is 0.0312. The lowest BCUT2D eigenvalue weighted by molar-refractivity contribution is -0.118. The molecule has 0 aliphatic carbocycles. The fourth-order valence-corrected chi connectivity index (χ4v) is 6.38. The molecule has 6 rings (SSSR count). The highest BCUT2D eigenvalue weighted by atomic mass is 35.5. The minimum Gasteiger partial charge on any atom is -0.422 e. The van der Waals surface area contributed by atoms with Gasteiger partial charge in [0.25, 0.3) is 5.91 Å². The Morgan fingerprint density at radius 3 is 2.40 bits per heavy atom. The van der Waals surface area contributed by atoms with E-state index in [0.717, 1.165) is 21.3 Å². The van der Waals surface area contributed by atoms with Crippen LogP contribution in [0.15, 0.2) is 119 Å². The summed E-state index contributed by atoms with van der Waals surface area (Å²) in [7, 11) is 0. The molecule has 0 saturated heterocycles. The Morgan fingerprint density at radius 2 is 1.60 bits per heavy atom. The Labute approximate surface area is 260 Å². The van der Waals surface area contributed by atoms with Gasteiger partial charge in [0.15, 0.2) is 11.0 Å². The van der Waals surface area contributed by atoms with Gasteiger partial charge < -0.3 is 4.74 Å². The van der Waals surface area contributed by atoms with Gasteiger partial charge in [-0.3, -0.25) is 9.36 Å². The van der Waals surface area contributed by atoms with Crippen molar-refractivity contribution in [3.05, 3.63) is 125 Å². The number of thioether (sulfide) groups is 1. The summed E-state index contributed by atoms with van der Waals surface area (Å²) in [6.07, 6.45) is 1.43. The fourth-order valence-electron chi connectivity index (χ4n) is 4.26. The number of benzene rings is 4. The number of ether oxygens (including phenoxy) is 1. The highest BCUT2D eigenvalue weighted by molar-refractivity contribution is 7.99. The van der Waals surface area contributed by atoms with Crippen LogP contribution in [0.3, 0.4) is 0 Å². The minimum atomic E-state index is -0.565. The average Bonchev–Trinajstić information content (AvgIpc) is 3.63. The largest absolute Gasteiger partial charge is 0.422 e. The second-order valence-corrected chi connectivity index (χ2v) is 11.5. The van der Waals surface area contributed by atoms with E-state index < -0.39 is 5.97 Å². The number of carbonyl (C=O) groups excluding carboxylic acids is 2. The second kappa shape index (κ2) is 13.0. The van der Waals surface area contributed by atoms with Crippen LogP contribution in [0.25, 0.3) is 27.2 Å². The lowest BCUT2D eigenvalue weighted by atomic mass is 10.2. The summed E-state index contributed by atoms with van der Waals surface area (Å²) < 4.78 is 8.48. The molecule has 0 bridgehead atoms. The summed E-state index contributed by atoms with van der Waals surface area (Å²) in [5, 5.41) is 14.6. The van der Waals surface area contributed by atoms with E-state index in [0.29, 0.717) is 26.4 Å². The first-order chi connectivity index (χ1) is 21.1. The molecule has 0 radical (unpaired) electrons. The quantitative estimate of drug-likeness (QED) is 0.0598. The molecule has 0 saturated carbocycles. The molecular weight excluding hydrogens is 602 g/mol. The zero-order valence-electron chi connectivity index (χ0n) is 22.4. The van der Waals surface area contributed by atoms with E-state index in [1.165, 1.54) is 29.3 Å². The zero-order chi connectivity index (χ0) is 29.6. The van der Waals surface area contributed by atoms with Gasteiger partial charge in [-0.25, -0.2) is 10.2 Å². The summed E-state index contributed by atoms with van der Waals surface area (Å²) >= 11 is 8.97. The Hall–Kier alpha value is -4.77. The Morgan fingerprint density at radius 1 is 0.907 bits per heavy atom. The molecule has 0 unspecified atom stereocenters. The predicted octanol–water partition coefficient (Wildman–Crippen LogP) is 7.26. The Balaban J connectivity index is 1.12. The number of rotatable bonds is 9. The molecule has 0 spiro atoms. The van der Waals surface area contributed by atoms with Crippen LogP contribution in [0.4, 0.5) is 0 Å². The number of fused-ring (bicyclic) bond motifs is 1. The van der Waals surface area contributed by atoms with Gasteiger partial charge >= 0.3 is 5.97 Å². The van der Waals surface area contributed by atoms with Crippen molar-refractivity contribution in [3.63, 3.8) is 0 Å². The molecule has 43 heavy (non-hydrogen) atoms. The molecule has 11 heteroatoms. The van der Waals surface area contributed by atoms with E-state index in [-0.39, 0.29) is 17.4 Å². The number of hydrazone groups is 1. The monoisotopic (exact) mass is 623 g/mol. The van der Waals surface area contributed by atoms with E-state index in [1.807, 2.05) is 89.5 Å². The van der Waals surface area contributed by atoms with Crippen LogP contribution in [-0.2, 0) is 4.79 Å². The number of nitrogens with zero attached hydrogens (tertiary/aromatic N) is 4. The van der Waals surface area contributed by atoms with Crippen molar-refractivity contribution in [2.75, 3.05) is 5.75 Å². The molecule has 6 aromatic rings. The molecule has 0 aliphatic rings. The number of aromatic nitrogens is 3. The summed E-state index contributed by atoms with van der Waals surface area (Å²) in [4.78, 5) is 26.0. The first-order valence-corrected chi connectivity index (χ1v) is 15.3. The third-order valence-electron chi connectivity index (χ3n) is 6.25. The predicted molar refractivity (Wildman–Crippen MR) is 171 cm³/mol. The first-order valence-electron chi connectivity index (χ1n) is 13.1. The third kappa shape index (κ3) is 6.36. The maximum atomic E-state index is 13.0. The zero-order valence-corrected chi connectivity index (χ0v) is 24.8. The number of halogens is 1. The average molecular weight is 624 g/mol. The third-order valence-corrected chi connectivity index (χ3v) is 8.83. The molecule has 8 nitrogen and oxygen atoms in total. The number of nitrogens with one attached hydrogen (secondary N) is 1. The molecule has 4 aromatic carbocycles. The molecule has 212 valence electrons. The van der Waals surface area contributed by atoms with Crippen LogP contribution in [0.1, 0.15) is 15.2 Å². The summed E-state index contributed by atoms with van der Waals surface area (Å²) in [6, 6.07) is 33.9. The number of carbonyl (C=O) groups is 2. The maximum Gasteiger partial charge on any atom is 0.355 e. The smallest absolute Gasteiger partial charge is 0.355 e. The van der Waals surface area contributed by atoms with Crippen LogP contribution in [0.5, 0.6) is 5.75 Å². The second-order valence-electron chi connectivity index (χ2n) is 9.09. The summed E-state index contributed by atoms with van der Waals surface area (Å²) in [6.45, 7) is 0. The summed E-state index contributed by atoms with van der Waals surface area (Å²) in [5.74, 6) is 0.119. The standard InChI is InChI=1S/C32H22ClN5O3S2/c33-28-24-16-8-10-18-26(24)43-29(28)31(40)41-25-17-9-7-13-22(25)19-34-35-27(39)20-42-32-37-36-30(21-11-3-1-4-12-21)38(32)23-14-5-2-6-15-23/h1-19H,20H2,(H,35,39)/b34-19+. The van der Waals surface area contributed by atoms with Crippen molar-refractivity contribution in [1.82, 2.24) is 20.2 Å². The molecule has 0 fully saturated rings. The summed E-state index contributed by atoms with van der Waals surface area (Å²) in [5.41, 5.74) is 4.84. The van der Waals surface area contributed by atoms with E-state index in [1.54, 1.807) is 24.3 Å². The van der Waals surface area contributed by atoms with E-state index >= 15 is 0 Å². The van der Waals surface area contributed by atoms with Crippen LogP contribution in [0, 0.1) is 0 Å². The van der Waals surface area contributed by atoms with E-state index in [2.05, 4.69) is 20.7 Å². The SMILES string of the molecule is O=C(CSc1nnc(-c2ccccc2)n1-c1ccccc1)N/N=C/c1ccccc1OC(=O)c1sc2ccccc2c1Cl. The number of esters is 1. The Bertz CT molecular complexity index is 1940. The molecule has 0 atom stereocenters. The molecule has 0 aliphatic heterocycles. The van der Waals surface area contributed by atoms with Gasteiger partial charge in [-0.2, -0.15) is 5.10 Å². The van der Waals surface area contributed by atoms with Crippen LogP contribution >= 0.6 is 34.7 Å². The molecule has 1 amide bonds. The van der Waals surface area contributed by atoms with Gasteiger partial charge in [0, 0.05) is 26.9 Å². The van der Waals surface area contributed by atoms with Crippen molar-refractivity contribution in [3.8, 4) is 22.8 Å². The number of thiophene rings is 1. The van der Waals surface area contributed by atoms with Gasteiger partial charge in [-0.1, -0.05) is 102 Å². The number of para-hydroxylation sites is 2. The van der Waals surface area contributed by atoms with Gasteiger partial charge in [0.05, 0.1) is 17.0 Å². The van der Waals surface area contributed by atoms with Gasteiger partial charge in [0.2, 0.25) is 0 Å². The van der Waals surface area contributed by atoms with Crippen molar-refractivity contribution < 1.29 is 14.3 Å². The minimum absolute atomic E-state index is 0.0537. The van der Waals surface area contributed by atoms with E-state index in [4.69, 9.17) is 16.3 Å². The first kappa shape index (κ1) is 28.4. The van der Waals surface area contributed by atoms with Crippen molar-refractivity contribution in [2.45, 2.75) is 5.16 Å². The highest BCUT2D eigenvalue weighted by Crippen LogP contribution is 2.36. The van der Waals surface area contributed by atoms with Crippen LogP contribution in [0.2, 0.25) is 5.02 Å².